The van der Waals surface area contributed by atoms with Crippen LogP contribution < -0.4 is 4.72 Å². The monoisotopic (exact) mass is 312 g/mol. The fraction of sp³-hybridized carbons (Fsp3) is 0.462. The molecule has 2 N–H and O–H groups in total. The van der Waals surface area contributed by atoms with Gasteiger partial charge in [-0.25, -0.2) is 8.42 Å². The third kappa shape index (κ3) is 2.57. The molecule has 0 aliphatic carbocycles. The molecule has 2 heterocycles. The number of aliphatic hydroxyl groups is 1. The minimum absolute atomic E-state index is 0.236. The van der Waals surface area contributed by atoms with Crippen LogP contribution in [0.3, 0.4) is 0 Å². The Balaban J connectivity index is 1.87. The van der Waals surface area contributed by atoms with E-state index < -0.39 is 15.6 Å². The number of thioether (sulfide) groups is 1. The molecule has 0 bridgehead atoms. The van der Waals surface area contributed by atoms with Gasteiger partial charge in [0.1, 0.15) is 5.84 Å². The maximum atomic E-state index is 11.9. The van der Waals surface area contributed by atoms with Gasteiger partial charge in [0.2, 0.25) is 0 Å². The molecule has 1 aromatic rings. The molecule has 2 aliphatic heterocycles. The van der Waals surface area contributed by atoms with Gasteiger partial charge >= 0.3 is 0 Å². The number of aliphatic imine (C=N–C) groups is 1. The highest BCUT2D eigenvalue weighted by atomic mass is 32.2. The summed E-state index contributed by atoms with van der Waals surface area (Å²) in [4.78, 5) is 4.58. The molecule has 5 nitrogen and oxygen atoms in total. The lowest BCUT2D eigenvalue weighted by atomic mass is 9.97. The van der Waals surface area contributed by atoms with Gasteiger partial charge in [-0.3, -0.25) is 9.71 Å². The summed E-state index contributed by atoms with van der Waals surface area (Å²) < 4.78 is 26.3. The van der Waals surface area contributed by atoms with E-state index in [-0.39, 0.29) is 11.4 Å². The number of hydrogen-bond donors (Lipinski definition) is 2. The Hall–Kier alpha value is -1.05. The van der Waals surface area contributed by atoms with Crippen molar-refractivity contribution in [3.05, 3.63) is 29.8 Å². The molecule has 1 saturated heterocycles. The molecular weight excluding hydrogens is 296 g/mol. The molecule has 1 aromatic carbocycles. The van der Waals surface area contributed by atoms with Crippen LogP contribution >= 0.6 is 11.8 Å². The summed E-state index contributed by atoms with van der Waals surface area (Å²) in [6, 6.07) is 6.76. The summed E-state index contributed by atoms with van der Waals surface area (Å²) in [6.45, 7) is 0.236. The van der Waals surface area contributed by atoms with Gasteiger partial charge in [-0.2, -0.15) is 11.8 Å². The van der Waals surface area contributed by atoms with E-state index in [1.807, 2.05) is 11.8 Å². The van der Waals surface area contributed by atoms with Gasteiger partial charge in [-0.1, -0.05) is 12.1 Å². The summed E-state index contributed by atoms with van der Waals surface area (Å²) >= 11 is 1.82. The zero-order valence-electron chi connectivity index (χ0n) is 10.9. The van der Waals surface area contributed by atoms with Crippen molar-refractivity contribution in [3.63, 3.8) is 0 Å². The molecule has 20 heavy (non-hydrogen) atoms. The minimum atomic E-state index is -3.49. The van der Waals surface area contributed by atoms with E-state index in [1.165, 1.54) is 0 Å². The lowest BCUT2D eigenvalue weighted by molar-refractivity contribution is 0.0416. The van der Waals surface area contributed by atoms with E-state index in [4.69, 9.17) is 0 Å². The summed E-state index contributed by atoms with van der Waals surface area (Å²) in [7, 11) is -3.49. The SMILES string of the molecule is O=S1(=O)NC(=NCC2(O)CCSCC2)c2ccccc21. The Morgan fingerprint density at radius 1 is 1.30 bits per heavy atom. The molecule has 1 fully saturated rings. The first-order valence-electron chi connectivity index (χ1n) is 6.47. The second-order valence-electron chi connectivity index (χ2n) is 5.10. The Kier molecular flexibility index (Phi) is 3.51. The zero-order valence-corrected chi connectivity index (χ0v) is 12.5. The topological polar surface area (TPSA) is 78.8 Å². The third-order valence-corrected chi connectivity index (χ3v) is 6.00. The molecule has 0 aromatic heterocycles. The Labute approximate surface area is 122 Å². The Morgan fingerprint density at radius 2 is 2.00 bits per heavy atom. The molecule has 3 rings (SSSR count). The van der Waals surface area contributed by atoms with Crippen LogP contribution in [0, 0.1) is 0 Å². The fourth-order valence-corrected chi connectivity index (χ4v) is 4.89. The highest BCUT2D eigenvalue weighted by molar-refractivity contribution is 7.99. The highest BCUT2D eigenvalue weighted by Gasteiger charge is 2.33. The fourth-order valence-electron chi connectivity index (χ4n) is 2.39. The van der Waals surface area contributed by atoms with Crippen LogP contribution in [0.5, 0.6) is 0 Å². The van der Waals surface area contributed by atoms with E-state index in [0.717, 1.165) is 11.5 Å². The van der Waals surface area contributed by atoms with Crippen molar-refractivity contribution in [2.45, 2.75) is 23.3 Å². The number of rotatable bonds is 2. The first-order chi connectivity index (χ1) is 9.50. The van der Waals surface area contributed by atoms with Crippen molar-refractivity contribution < 1.29 is 13.5 Å². The normalized spacial score (nSPS) is 25.1. The van der Waals surface area contributed by atoms with E-state index in [9.17, 15) is 13.5 Å². The second-order valence-corrected chi connectivity index (χ2v) is 7.98. The maximum Gasteiger partial charge on any atom is 0.263 e. The summed E-state index contributed by atoms with van der Waals surface area (Å²) in [5.41, 5.74) is -0.220. The lowest BCUT2D eigenvalue weighted by Gasteiger charge is -2.30. The quantitative estimate of drug-likeness (QED) is 0.853. The van der Waals surface area contributed by atoms with Gasteiger partial charge in [0.05, 0.1) is 17.0 Å². The Bertz CT molecular complexity index is 649. The Morgan fingerprint density at radius 3 is 2.75 bits per heavy atom. The molecule has 0 unspecified atom stereocenters. The number of benzene rings is 1. The smallest absolute Gasteiger partial charge is 0.263 e. The molecule has 0 radical (unpaired) electrons. The van der Waals surface area contributed by atoms with Crippen LogP contribution in [0.4, 0.5) is 0 Å². The summed E-state index contributed by atoms with van der Waals surface area (Å²) in [6.07, 6.45) is 1.39. The first-order valence-corrected chi connectivity index (χ1v) is 9.11. The average Bonchev–Trinajstić information content (AvgIpc) is 2.70. The molecule has 108 valence electrons. The maximum absolute atomic E-state index is 11.9. The van der Waals surface area contributed by atoms with Gasteiger partial charge in [0, 0.05) is 5.56 Å². The molecule has 0 spiro atoms. The third-order valence-electron chi connectivity index (χ3n) is 3.62. The van der Waals surface area contributed by atoms with E-state index in [0.29, 0.717) is 24.2 Å². The van der Waals surface area contributed by atoms with E-state index >= 15 is 0 Å². The molecule has 2 aliphatic rings. The van der Waals surface area contributed by atoms with E-state index in [2.05, 4.69) is 9.71 Å². The summed E-state index contributed by atoms with van der Waals surface area (Å²) in [5, 5.41) is 10.4. The van der Waals surface area contributed by atoms with Crippen molar-refractivity contribution in [1.82, 2.24) is 4.72 Å². The molecular formula is C13H16N2O3S2. The standard InChI is InChI=1S/C13H16N2O3S2/c16-13(5-7-19-8-6-13)9-14-12-10-3-1-2-4-11(10)20(17,18)15-12/h1-4,16H,5-9H2,(H,14,15). The van der Waals surface area contributed by atoms with Crippen molar-refractivity contribution in [2.24, 2.45) is 4.99 Å². The molecule has 0 atom stereocenters. The van der Waals surface area contributed by atoms with Crippen LogP contribution in [-0.4, -0.2) is 43.0 Å². The minimum Gasteiger partial charge on any atom is -0.388 e. The van der Waals surface area contributed by atoms with Gasteiger partial charge in [0.25, 0.3) is 10.0 Å². The number of sulfonamides is 1. The van der Waals surface area contributed by atoms with Crippen LogP contribution in [0.25, 0.3) is 0 Å². The lowest BCUT2D eigenvalue weighted by Crippen LogP contribution is -2.37. The predicted octanol–water partition coefficient (Wildman–Crippen LogP) is 0.983. The van der Waals surface area contributed by atoms with E-state index in [1.54, 1.807) is 24.3 Å². The van der Waals surface area contributed by atoms with Gasteiger partial charge < -0.3 is 5.11 Å². The predicted molar refractivity (Wildman–Crippen MR) is 79.7 cm³/mol. The van der Waals surface area contributed by atoms with Gasteiger partial charge in [-0.05, 0) is 36.5 Å². The number of amidine groups is 1. The second kappa shape index (κ2) is 5.05. The van der Waals surface area contributed by atoms with Gasteiger partial charge in [-0.15, -0.1) is 0 Å². The van der Waals surface area contributed by atoms with Gasteiger partial charge in [0.15, 0.2) is 0 Å². The molecule has 0 saturated carbocycles. The first kappa shape index (κ1) is 13.9. The highest BCUT2D eigenvalue weighted by Crippen LogP contribution is 2.28. The number of hydrogen-bond acceptors (Lipinski definition) is 5. The van der Waals surface area contributed by atoms with Crippen LogP contribution in [-0.2, 0) is 10.0 Å². The number of nitrogens with one attached hydrogen (secondary N) is 1. The average molecular weight is 312 g/mol. The number of fused-ring (bicyclic) bond motifs is 1. The van der Waals surface area contributed by atoms with Crippen LogP contribution in [0.2, 0.25) is 0 Å². The largest absolute Gasteiger partial charge is 0.388 e. The molecule has 7 heteroatoms. The number of nitrogens with zero attached hydrogens (tertiary/aromatic N) is 1. The van der Waals surface area contributed by atoms with Crippen LogP contribution in [0.1, 0.15) is 18.4 Å². The van der Waals surface area contributed by atoms with Crippen molar-refractivity contribution >= 4 is 27.6 Å². The van der Waals surface area contributed by atoms with Crippen molar-refractivity contribution in [3.8, 4) is 0 Å². The van der Waals surface area contributed by atoms with Crippen molar-refractivity contribution in [2.75, 3.05) is 18.1 Å². The van der Waals surface area contributed by atoms with Crippen LogP contribution in [0.15, 0.2) is 34.2 Å². The molecule has 0 amide bonds. The summed E-state index contributed by atoms with van der Waals surface area (Å²) in [5.74, 6) is 2.18. The zero-order chi connectivity index (χ0) is 14.2. The van der Waals surface area contributed by atoms with Crippen molar-refractivity contribution in [1.29, 1.82) is 0 Å².